The number of benzene rings is 3. The number of methoxy groups -OCH3 is 1. The van der Waals surface area contributed by atoms with Crippen LogP contribution >= 0.6 is 0 Å². The zero-order chi connectivity index (χ0) is 20.5. The summed E-state index contributed by atoms with van der Waals surface area (Å²) in [6.07, 6.45) is 3.54. The van der Waals surface area contributed by atoms with Crippen molar-refractivity contribution in [3.63, 3.8) is 0 Å². The third kappa shape index (κ3) is 6.03. The molecule has 1 atom stereocenters. The number of aryl methyl sites for hydroxylation is 1. The number of carbonyl (C=O) groups excluding carboxylic acids is 1. The summed E-state index contributed by atoms with van der Waals surface area (Å²) in [7, 11) is 0.341. The van der Waals surface area contributed by atoms with Gasteiger partial charge >= 0.3 is 5.97 Å². The molecule has 1 unspecified atom stereocenters. The summed E-state index contributed by atoms with van der Waals surface area (Å²) in [4.78, 5) is 11.4. The van der Waals surface area contributed by atoms with Gasteiger partial charge in [0.15, 0.2) is 6.61 Å². The van der Waals surface area contributed by atoms with Crippen molar-refractivity contribution in [3.05, 3.63) is 83.3 Å². The van der Waals surface area contributed by atoms with Crippen LogP contribution in [0.15, 0.2) is 72.1 Å². The largest absolute Gasteiger partial charge is 0.481 e. The van der Waals surface area contributed by atoms with Crippen molar-refractivity contribution in [1.29, 1.82) is 0 Å². The lowest BCUT2D eigenvalue weighted by Crippen LogP contribution is -2.12. The molecule has 0 N–H and O–H groups in total. The van der Waals surface area contributed by atoms with Crippen LogP contribution in [0.1, 0.15) is 17.5 Å². The molecule has 3 aromatic rings. The average Bonchev–Trinajstić information content (AvgIpc) is 2.77. The Morgan fingerprint density at radius 3 is 2.52 bits per heavy atom. The van der Waals surface area contributed by atoms with Gasteiger partial charge in [0.05, 0.1) is 7.11 Å². The van der Waals surface area contributed by atoms with E-state index in [1.165, 1.54) is 12.7 Å². The van der Waals surface area contributed by atoms with Crippen LogP contribution in [0.25, 0.3) is 16.8 Å². The van der Waals surface area contributed by atoms with E-state index in [4.69, 9.17) is 4.74 Å². The molecule has 4 nitrogen and oxygen atoms in total. The number of hydrogen-bond acceptors (Lipinski definition) is 4. The van der Waals surface area contributed by atoms with Gasteiger partial charge in [-0.2, -0.15) is 0 Å². The maximum atomic E-state index is 12.3. The van der Waals surface area contributed by atoms with Gasteiger partial charge in [-0.1, -0.05) is 60.7 Å². The first-order valence-corrected chi connectivity index (χ1v) is 10.9. The van der Waals surface area contributed by atoms with Crippen LogP contribution in [-0.2, 0) is 26.8 Å². The van der Waals surface area contributed by atoms with E-state index in [0.717, 1.165) is 29.2 Å². The molecule has 0 aliphatic rings. The Balaban J connectivity index is 1.62. The number of hydrogen-bond donors (Lipinski definition) is 0. The van der Waals surface area contributed by atoms with Gasteiger partial charge in [-0.25, -0.2) is 4.79 Å². The zero-order valence-corrected chi connectivity index (χ0v) is 17.2. The summed E-state index contributed by atoms with van der Waals surface area (Å²) in [6, 6.07) is 21.7. The summed E-state index contributed by atoms with van der Waals surface area (Å²) in [6.45, 7) is -0.118. The lowest BCUT2D eigenvalue weighted by molar-refractivity contribution is -0.142. The third-order valence-corrected chi connectivity index (χ3v) is 5.68. The van der Waals surface area contributed by atoms with Crippen molar-refractivity contribution in [2.24, 2.45) is 0 Å². The second-order valence-corrected chi connectivity index (χ2v) is 7.98. The molecule has 0 bridgehead atoms. The van der Waals surface area contributed by atoms with E-state index in [2.05, 4.69) is 10.8 Å². The summed E-state index contributed by atoms with van der Waals surface area (Å²) < 4.78 is 22.5. The molecule has 150 valence electrons. The van der Waals surface area contributed by atoms with Gasteiger partial charge < -0.3 is 9.47 Å². The topological polar surface area (TPSA) is 52.6 Å². The first kappa shape index (κ1) is 20.8. The van der Waals surface area contributed by atoms with Crippen LogP contribution in [0.5, 0.6) is 5.75 Å². The van der Waals surface area contributed by atoms with Crippen LogP contribution in [0.2, 0.25) is 0 Å². The molecule has 29 heavy (non-hydrogen) atoms. The minimum Gasteiger partial charge on any atom is -0.481 e. The highest BCUT2D eigenvalue weighted by Gasteiger charge is 2.08. The normalized spacial score (nSPS) is 12.2. The highest BCUT2D eigenvalue weighted by molar-refractivity contribution is 7.88. The Bertz CT molecular complexity index is 1010. The molecular formula is C24H24O4S. The van der Waals surface area contributed by atoms with Gasteiger partial charge in [0.25, 0.3) is 0 Å². The van der Waals surface area contributed by atoms with Crippen molar-refractivity contribution in [1.82, 2.24) is 0 Å². The van der Waals surface area contributed by atoms with Crippen LogP contribution in [0.4, 0.5) is 0 Å². The van der Waals surface area contributed by atoms with E-state index in [1.54, 1.807) is 5.41 Å². The molecule has 3 aromatic carbocycles. The van der Waals surface area contributed by atoms with Crippen molar-refractivity contribution in [2.45, 2.75) is 12.8 Å². The van der Waals surface area contributed by atoms with E-state index in [1.807, 2.05) is 66.7 Å². The highest BCUT2D eigenvalue weighted by atomic mass is 32.2. The van der Waals surface area contributed by atoms with Crippen molar-refractivity contribution >= 4 is 33.6 Å². The molecule has 0 radical (unpaired) electrons. The second kappa shape index (κ2) is 10.6. The molecule has 0 saturated heterocycles. The molecule has 5 heteroatoms. The molecule has 0 spiro atoms. The Labute approximate surface area is 173 Å². The summed E-state index contributed by atoms with van der Waals surface area (Å²) in [5, 5.41) is 3.80. The van der Waals surface area contributed by atoms with Crippen LogP contribution in [0, 0.1) is 0 Å². The average molecular weight is 409 g/mol. The van der Waals surface area contributed by atoms with Gasteiger partial charge in [-0.3, -0.25) is 4.21 Å². The van der Waals surface area contributed by atoms with Crippen LogP contribution < -0.4 is 4.74 Å². The highest BCUT2D eigenvalue weighted by Crippen LogP contribution is 2.28. The molecule has 3 rings (SSSR count). The zero-order valence-electron chi connectivity index (χ0n) is 16.4. The first-order chi connectivity index (χ1) is 14.2. The number of carbonyl (C=O) groups is 1. The molecule has 0 amide bonds. The molecule has 0 aliphatic heterocycles. The Morgan fingerprint density at radius 2 is 1.72 bits per heavy atom. The van der Waals surface area contributed by atoms with Crippen LogP contribution in [-0.4, -0.2) is 29.6 Å². The predicted octanol–water partition coefficient (Wildman–Crippen LogP) is 4.74. The van der Waals surface area contributed by atoms with Gasteiger partial charge in [0.1, 0.15) is 5.75 Å². The SMILES string of the molecule is COC(=O)COc1cccc2c(CCCS(=O)C=Cc3ccccc3)cccc12. The lowest BCUT2D eigenvalue weighted by atomic mass is 10.0. The third-order valence-electron chi connectivity index (χ3n) is 4.55. The Morgan fingerprint density at radius 1 is 0.966 bits per heavy atom. The molecule has 0 heterocycles. The maximum absolute atomic E-state index is 12.3. The fourth-order valence-corrected chi connectivity index (χ4v) is 3.95. The molecule has 0 saturated carbocycles. The monoisotopic (exact) mass is 408 g/mol. The van der Waals surface area contributed by atoms with Crippen molar-refractivity contribution in [2.75, 3.05) is 19.5 Å². The first-order valence-electron chi connectivity index (χ1n) is 9.48. The minimum atomic E-state index is -0.998. The standard InChI is InChI=1S/C24H24O4S/c1-27-24(25)18-28-23-14-6-12-21-20(10-5-13-22(21)23)11-7-16-29(26)17-15-19-8-3-2-4-9-19/h2-6,8-10,12-15,17H,7,11,16,18H2,1H3. The van der Waals surface area contributed by atoms with Crippen molar-refractivity contribution < 1.29 is 18.5 Å². The minimum absolute atomic E-state index is 0.118. The maximum Gasteiger partial charge on any atom is 0.343 e. The fourth-order valence-electron chi connectivity index (χ4n) is 3.08. The van der Waals surface area contributed by atoms with E-state index in [9.17, 15) is 9.00 Å². The van der Waals surface area contributed by atoms with Gasteiger partial charge in [-0.05, 0) is 41.5 Å². The van der Waals surface area contributed by atoms with Gasteiger partial charge in [0.2, 0.25) is 0 Å². The number of esters is 1. The molecule has 0 fully saturated rings. The summed E-state index contributed by atoms with van der Waals surface area (Å²) in [5.41, 5.74) is 2.23. The fraction of sp³-hybridized carbons (Fsp3) is 0.208. The number of ether oxygens (including phenoxy) is 2. The van der Waals surface area contributed by atoms with Crippen LogP contribution in [0.3, 0.4) is 0 Å². The Hall–Kier alpha value is -2.92. The smallest absolute Gasteiger partial charge is 0.343 e. The van der Waals surface area contributed by atoms with Crippen molar-refractivity contribution in [3.8, 4) is 5.75 Å². The summed E-state index contributed by atoms with van der Waals surface area (Å²) >= 11 is 0. The summed E-state index contributed by atoms with van der Waals surface area (Å²) in [5.74, 6) is 0.853. The molecular weight excluding hydrogens is 384 g/mol. The van der Waals surface area contributed by atoms with Gasteiger partial charge in [-0.15, -0.1) is 0 Å². The second-order valence-electron chi connectivity index (χ2n) is 6.54. The van der Waals surface area contributed by atoms with Gasteiger partial charge in [0, 0.05) is 27.3 Å². The van der Waals surface area contributed by atoms with E-state index < -0.39 is 16.8 Å². The number of fused-ring (bicyclic) bond motifs is 1. The Kier molecular flexibility index (Phi) is 7.59. The van der Waals surface area contributed by atoms with E-state index >= 15 is 0 Å². The quantitative estimate of drug-likeness (QED) is 0.480. The van der Waals surface area contributed by atoms with E-state index in [-0.39, 0.29) is 6.61 Å². The molecule has 0 aromatic heterocycles. The number of rotatable bonds is 9. The predicted molar refractivity (Wildman–Crippen MR) is 118 cm³/mol. The molecule has 0 aliphatic carbocycles. The van der Waals surface area contributed by atoms with E-state index in [0.29, 0.717) is 11.5 Å². The lowest BCUT2D eigenvalue weighted by Gasteiger charge is -2.11.